The Labute approximate surface area is 246 Å². The van der Waals surface area contributed by atoms with Crippen LogP contribution in [-0.4, -0.2) is 51.3 Å². The lowest BCUT2D eigenvalue weighted by Crippen LogP contribution is -2.52. The van der Waals surface area contributed by atoms with Crippen LogP contribution in [0.15, 0.2) is 41.3 Å². The Morgan fingerprint density at radius 2 is 1.95 bits per heavy atom. The Hall–Kier alpha value is -3.89. The second-order valence-corrected chi connectivity index (χ2v) is 12.4. The van der Waals surface area contributed by atoms with Crippen LogP contribution in [-0.2, 0) is 25.4 Å². The number of nitrogens with zero attached hydrogens (tertiary/aromatic N) is 3. The van der Waals surface area contributed by atoms with Gasteiger partial charge in [-0.15, -0.1) is 0 Å². The first-order valence-electron chi connectivity index (χ1n) is 14.0. The molecule has 1 aliphatic rings. The molecule has 3 heterocycles. The molecule has 1 saturated heterocycles. The second kappa shape index (κ2) is 11.7. The number of carbonyl (C=O) groups excluding carboxylic acids is 1. The van der Waals surface area contributed by atoms with E-state index in [1.165, 1.54) is 51.2 Å². The summed E-state index contributed by atoms with van der Waals surface area (Å²) in [6.45, 7) is 7.98. The molecule has 0 radical (unpaired) electrons. The average Bonchev–Trinajstić information content (AvgIpc) is 3.31. The van der Waals surface area contributed by atoms with E-state index in [9.17, 15) is 33.1 Å². The number of alkyl halides is 3. The predicted molar refractivity (Wildman–Crippen MR) is 152 cm³/mol. The largest absolute Gasteiger partial charge is 0.463 e. The van der Waals surface area contributed by atoms with Crippen LogP contribution in [0.2, 0.25) is 0 Å². The molecular weight excluding hydrogens is 567 g/mol. The third-order valence-electron chi connectivity index (χ3n) is 7.77. The van der Waals surface area contributed by atoms with E-state index in [-0.39, 0.29) is 48.7 Å². The van der Waals surface area contributed by atoms with Crippen molar-refractivity contribution in [3.8, 4) is 6.07 Å². The minimum absolute atomic E-state index is 0.0265. The number of nitrogens with one attached hydrogen (secondary N) is 2. The van der Waals surface area contributed by atoms with Crippen molar-refractivity contribution in [1.82, 2.24) is 14.8 Å². The SMILES string of the molecule is CC(C)COC(=O)[C@@H]1CC[C@@](CC#N)(n2nc(Nc3ccc(C(O)(C(C)(C)C)C(F)(F)F)cc3)c3c(=O)[nH]ccc32)CO1. The Bertz CT molecular complexity index is 1540. The molecule has 0 amide bonds. The highest BCUT2D eigenvalue weighted by Gasteiger charge is 2.61. The highest BCUT2D eigenvalue weighted by molar-refractivity contribution is 5.91. The molecule has 4 rings (SSSR count). The van der Waals surface area contributed by atoms with Crippen molar-refractivity contribution >= 4 is 28.4 Å². The van der Waals surface area contributed by atoms with Crippen LogP contribution in [0.4, 0.5) is 24.7 Å². The van der Waals surface area contributed by atoms with Gasteiger partial charge in [0, 0.05) is 17.3 Å². The van der Waals surface area contributed by atoms with E-state index in [2.05, 4.69) is 21.5 Å². The minimum atomic E-state index is -4.93. The van der Waals surface area contributed by atoms with Crippen LogP contribution >= 0.6 is 0 Å². The maximum absolute atomic E-state index is 14.0. The standard InChI is InChI=1S/C30H36F3N5O5/c1-18(2)16-42-26(40)22-10-12-28(13-14-34,17-43-22)38-21-11-15-35-25(39)23(21)24(37-38)36-20-8-6-19(7-9-20)29(41,27(3,4)5)30(31,32)33/h6-9,11,15,18,22,41H,10,12-13,16-17H2,1-5H3,(H,35,39)(H,36,37)/t22-,28-,29?/m0/s1. The molecule has 3 aromatic rings. The first-order valence-corrected chi connectivity index (χ1v) is 14.0. The van der Waals surface area contributed by atoms with Crippen molar-refractivity contribution in [3.05, 3.63) is 52.4 Å². The average molecular weight is 604 g/mol. The highest BCUT2D eigenvalue weighted by atomic mass is 19.4. The summed E-state index contributed by atoms with van der Waals surface area (Å²) < 4.78 is 54.7. The summed E-state index contributed by atoms with van der Waals surface area (Å²) in [7, 11) is 0. The van der Waals surface area contributed by atoms with Gasteiger partial charge in [-0.25, -0.2) is 4.79 Å². The van der Waals surface area contributed by atoms with E-state index in [1.807, 2.05) is 13.8 Å². The maximum Gasteiger partial charge on any atom is 0.421 e. The van der Waals surface area contributed by atoms with E-state index in [0.717, 1.165) is 0 Å². The maximum atomic E-state index is 14.0. The van der Waals surface area contributed by atoms with Crippen molar-refractivity contribution in [2.45, 2.75) is 77.3 Å². The topological polar surface area (TPSA) is 142 Å². The van der Waals surface area contributed by atoms with Gasteiger partial charge in [-0.05, 0) is 42.5 Å². The van der Waals surface area contributed by atoms with Crippen molar-refractivity contribution in [1.29, 1.82) is 5.26 Å². The van der Waals surface area contributed by atoms with Gasteiger partial charge >= 0.3 is 12.1 Å². The molecule has 0 aliphatic carbocycles. The number of benzene rings is 1. The number of esters is 1. The Morgan fingerprint density at radius 3 is 2.49 bits per heavy atom. The minimum Gasteiger partial charge on any atom is -0.463 e. The molecule has 2 aromatic heterocycles. The molecule has 1 aliphatic heterocycles. The molecule has 1 fully saturated rings. The zero-order chi connectivity index (χ0) is 31.8. The van der Waals surface area contributed by atoms with Gasteiger partial charge in [0.15, 0.2) is 17.5 Å². The Morgan fingerprint density at radius 1 is 1.28 bits per heavy atom. The first kappa shape index (κ1) is 32.0. The van der Waals surface area contributed by atoms with E-state index in [0.29, 0.717) is 17.6 Å². The van der Waals surface area contributed by atoms with Gasteiger partial charge in [0.25, 0.3) is 5.56 Å². The van der Waals surface area contributed by atoms with Crippen molar-refractivity contribution in [3.63, 3.8) is 0 Å². The molecule has 3 atom stereocenters. The van der Waals surface area contributed by atoms with Gasteiger partial charge in [0.2, 0.25) is 0 Å². The smallest absolute Gasteiger partial charge is 0.421 e. The number of ether oxygens (including phenoxy) is 2. The fraction of sp³-hybridized carbons (Fsp3) is 0.533. The molecule has 1 unspecified atom stereocenters. The fourth-order valence-electron chi connectivity index (χ4n) is 5.35. The zero-order valence-electron chi connectivity index (χ0n) is 24.7. The molecule has 1 aromatic carbocycles. The number of halogens is 3. The molecule has 13 heteroatoms. The van der Waals surface area contributed by atoms with Gasteiger partial charge in [-0.1, -0.05) is 46.8 Å². The Balaban J connectivity index is 1.68. The number of aromatic nitrogens is 3. The quantitative estimate of drug-likeness (QED) is 0.297. The first-order chi connectivity index (χ1) is 20.0. The van der Waals surface area contributed by atoms with E-state index in [1.54, 1.807) is 10.7 Å². The number of hydrogen-bond donors (Lipinski definition) is 3. The van der Waals surface area contributed by atoms with Gasteiger partial charge in [0.05, 0.1) is 36.8 Å². The van der Waals surface area contributed by atoms with Crippen molar-refractivity contribution < 1.29 is 32.5 Å². The summed E-state index contributed by atoms with van der Waals surface area (Å²) in [6.07, 6.45) is -3.70. The van der Waals surface area contributed by atoms with Crippen molar-refractivity contribution in [2.24, 2.45) is 11.3 Å². The summed E-state index contributed by atoms with van der Waals surface area (Å²) in [5, 5.41) is 28.3. The Kier molecular flexibility index (Phi) is 8.68. The van der Waals surface area contributed by atoms with Crippen LogP contribution in [0.3, 0.4) is 0 Å². The lowest BCUT2D eigenvalue weighted by atomic mass is 9.71. The lowest BCUT2D eigenvalue weighted by Gasteiger charge is -2.41. The number of nitriles is 1. The van der Waals surface area contributed by atoms with Gasteiger partial charge in [-0.2, -0.15) is 23.5 Å². The molecule has 10 nitrogen and oxygen atoms in total. The zero-order valence-corrected chi connectivity index (χ0v) is 24.7. The molecule has 0 saturated carbocycles. The summed E-state index contributed by atoms with van der Waals surface area (Å²) in [6, 6.07) is 8.87. The van der Waals surface area contributed by atoms with E-state index < -0.39 is 40.4 Å². The summed E-state index contributed by atoms with van der Waals surface area (Å²) in [5.41, 5.74) is -5.74. The van der Waals surface area contributed by atoms with Crippen LogP contribution in [0.25, 0.3) is 10.9 Å². The molecule has 0 bridgehead atoms. The number of pyridine rings is 1. The predicted octanol–water partition coefficient (Wildman–Crippen LogP) is 5.25. The summed E-state index contributed by atoms with van der Waals surface area (Å²) in [4.78, 5) is 28.1. The van der Waals surface area contributed by atoms with Crippen LogP contribution in [0.5, 0.6) is 0 Å². The van der Waals surface area contributed by atoms with E-state index in [4.69, 9.17) is 9.47 Å². The molecule has 232 valence electrons. The van der Waals surface area contributed by atoms with Gasteiger partial charge in [-0.3, -0.25) is 9.48 Å². The summed E-state index contributed by atoms with van der Waals surface area (Å²) >= 11 is 0. The fourth-order valence-corrected chi connectivity index (χ4v) is 5.35. The van der Waals surface area contributed by atoms with Crippen LogP contribution in [0.1, 0.15) is 59.4 Å². The van der Waals surface area contributed by atoms with Gasteiger partial charge in [0.1, 0.15) is 5.39 Å². The number of H-pyrrole nitrogens is 1. The number of anilines is 2. The third kappa shape index (κ3) is 5.99. The molecular formula is C30H36F3N5O5. The monoisotopic (exact) mass is 603 g/mol. The molecule has 0 spiro atoms. The summed E-state index contributed by atoms with van der Waals surface area (Å²) in [5.74, 6) is -0.201. The van der Waals surface area contributed by atoms with Gasteiger partial charge < -0.3 is 24.9 Å². The highest BCUT2D eigenvalue weighted by Crippen LogP contribution is 2.50. The number of aliphatic hydroxyl groups is 1. The third-order valence-corrected chi connectivity index (χ3v) is 7.77. The lowest BCUT2D eigenvalue weighted by molar-refractivity contribution is -0.302. The van der Waals surface area contributed by atoms with E-state index >= 15 is 0 Å². The number of rotatable bonds is 8. The molecule has 43 heavy (non-hydrogen) atoms. The number of aromatic amines is 1. The second-order valence-electron chi connectivity index (χ2n) is 12.4. The van der Waals surface area contributed by atoms with Crippen molar-refractivity contribution in [2.75, 3.05) is 18.5 Å². The molecule has 3 N–H and O–H groups in total. The number of carbonyl (C=O) groups is 1. The van der Waals surface area contributed by atoms with Crippen LogP contribution in [0, 0.1) is 22.7 Å². The number of fused-ring (bicyclic) bond motifs is 1. The number of hydrogen-bond acceptors (Lipinski definition) is 8. The normalized spacial score (nSPS) is 20.9. The van der Waals surface area contributed by atoms with Crippen LogP contribution < -0.4 is 10.9 Å².